The molecule has 1 aromatic heterocycles. The second-order valence-corrected chi connectivity index (χ2v) is 7.84. The first-order valence-electron chi connectivity index (χ1n) is 8.98. The molecule has 1 fully saturated rings. The van der Waals surface area contributed by atoms with Crippen LogP contribution in [0.2, 0.25) is 15.1 Å². The van der Waals surface area contributed by atoms with Gasteiger partial charge in [-0.2, -0.15) is 0 Å². The summed E-state index contributed by atoms with van der Waals surface area (Å²) in [5.41, 5.74) is 1.10. The van der Waals surface area contributed by atoms with E-state index >= 15 is 0 Å². The number of anilines is 1. The molecule has 0 atom stereocenters. The molecule has 6 nitrogen and oxygen atoms in total. The highest BCUT2D eigenvalue weighted by Gasteiger charge is 2.37. The van der Waals surface area contributed by atoms with Crippen LogP contribution in [0.5, 0.6) is 0 Å². The molecule has 4 rings (SSSR count). The minimum Gasteiger partial charge on any atom is -0.457 e. The van der Waals surface area contributed by atoms with Crippen molar-refractivity contribution in [1.82, 2.24) is 5.32 Å². The van der Waals surface area contributed by atoms with Crippen LogP contribution in [0.4, 0.5) is 10.5 Å². The van der Waals surface area contributed by atoms with Gasteiger partial charge in [-0.3, -0.25) is 14.9 Å². The number of nitrogens with zero attached hydrogens (tertiary/aromatic N) is 1. The van der Waals surface area contributed by atoms with Crippen LogP contribution in [0.1, 0.15) is 11.3 Å². The standard InChI is InChI=1S/C22H13Cl3N2O4/c1-11-15(23)5-3-7-17(11)27-21(29)14(20(28)26-22(27)30)10-12-8-9-18(31-12)13-4-2-6-16(24)19(13)25/h2-10H,1H3,(H,26,28,30)/b14-10-. The van der Waals surface area contributed by atoms with Crippen LogP contribution in [0.25, 0.3) is 17.4 Å². The maximum atomic E-state index is 13.0. The van der Waals surface area contributed by atoms with Crippen molar-refractivity contribution in [3.05, 3.63) is 80.5 Å². The predicted molar refractivity (Wildman–Crippen MR) is 119 cm³/mol. The molecule has 4 amide bonds. The van der Waals surface area contributed by atoms with Crippen molar-refractivity contribution in [1.29, 1.82) is 0 Å². The molecule has 3 aromatic rings. The van der Waals surface area contributed by atoms with Gasteiger partial charge in [-0.1, -0.05) is 46.9 Å². The summed E-state index contributed by atoms with van der Waals surface area (Å²) >= 11 is 18.4. The maximum Gasteiger partial charge on any atom is 0.335 e. The number of amides is 4. The number of rotatable bonds is 3. The van der Waals surface area contributed by atoms with E-state index in [-0.39, 0.29) is 17.0 Å². The summed E-state index contributed by atoms with van der Waals surface area (Å²) in [5.74, 6) is -0.995. The number of hydrogen-bond acceptors (Lipinski definition) is 4. The van der Waals surface area contributed by atoms with Crippen molar-refractivity contribution in [3.63, 3.8) is 0 Å². The molecule has 0 aliphatic carbocycles. The highest BCUT2D eigenvalue weighted by molar-refractivity contribution is 6.43. The number of benzene rings is 2. The Morgan fingerprint density at radius 1 is 0.935 bits per heavy atom. The van der Waals surface area contributed by atoms with Crippen molar-refractivity contribution < 1.29 is 18.8 Å². The van der Waals surface area contributed by atoms with Gasteiger partial charge in [-0.15, -0.1) is 0 Å². The van der Waals surface area contributed by atoms with Gasteiger partial charge in [0.2, 0.25) is 0 Å². The molecule has 1 saturated heterocycles. The average molecular weight is 476 g/mol. The lowest BCUT2D eigenvalue weighted by Crippen LogP contribution is -2.54. The van der Waals surface area contributed by atoms with E-state index in [1.165, 1.54) is 6.08 Å². The zero-order chi connectivity index (χ0) is 22.3. The summed E-state index contributed by atoms with van der Waals surface area (Å²) in [6, 6.07) is 12.3. The van der Waals surface area contributed by atoms with E-state index in [0.29, 0.717) is 32.0 Å². The monoisotopic (exact) mass is 474 g/mol. The number of carbonyl (C=O) groups excluding carboxylic acids is 3. The molecule has 0 saturated carbocycles. The molecular weight excluding hydrogens is 463 g/mol. The lowest BCUT2D eigenvalue weighted by molar-refractivity contribution is -0.122. The van der Waals surface area contributed by atoms with Gasteiger partial charge in [0.05, 0.1) is 15.7 Å². The molecule has 0 spiro atoms. The van der Waals surface area contributed by atoms with E-state index in [1.54, 1.807) is 55.5 Å². The average Bonchev–Trinajstić information content (AvgIpc) is 3.19. The molecule has 1 aliphatic rings. The fourth-order valence-electron chi connectivity index (χ4n) is 3.13. The van der Waals surface area contributed by atoms with Crippen molar-refractivity contribution in [3.8, 4) is 11.3 Å². The number of halogens is 3. The zero-order valence-electron chi connectivity index (χ0n) is 15.9. The molecule has 9 heteroatoms. The van der Waals surface area contributed by atoms with Gasteiger partial charge in [-0.25, -0.2) is 9.69 Å². The van der Waals surface area contributed by atoms with E-state index in [9.17, 15) is 14.4 Å². The van der Waals surface area contributed by atoms with Crippen LogP contribution in [-0.4, -0.2) is 17.8 Å². The van der Waals surface area contributed by atoms with Crippen LogP contribution >= 0.6 is 34.8 Å². The van der Waals surface area contributed by atoms with Gasteiger partial charge >= 0.3 is 6.03 Å². The summed E-state index contributed by atoms with van der Waals surface area (Å²) < 4.78 is 5.74. The Balaban J connectivity index is 1.72. The van der Waals surface area contributed by atoms with E-state index in [4.69, 9.17) is 39.2 Å². The fraction of sp³-hybridized carbons (Fsp3) is 0.0455. The summed E-state index contributed by atoms with van der Waals surface area (Å²) in [5, 5.41) is 3.23. The topological polar surface area (TPSA) is 79.6 Å². The fourth-order valence-corrected chi connectivity index (χ4v) is 3.69. The number of nitrogens with one attached hydrogen (secondary N) is 1. The third kappa shape index (κ3) is 3.85. The number of hydrogen-bond donors (Lipinski definition) is 1. The number of furan rings is 1. The van der Waals surface area contributed by atoms with Gasteiger partial charge in [0.1, 0.15) is 17.1 Å². The van der Waals surface area contributed by atoms with E-state index in [0.717, 1.165) is 4.90 Å². The van der Waals surface area contributed by atoms with Crippen molar-refractivity contribution in [2.45, 2.75) is 6.92 Å². The Bertz CT molecular complexity index is 1280. The van der Waals surface area contributed by atoms with Gasteiger partial charge in [0.25, 0.3) is 11.8 Å². The minimum atomic E-state index is -0.858. The summed E-state index contributed by atoms with van der Waals surface area (Å²) in [4.78, 5) is 38.7. The van der Waals surface area contributed by atoms with Crippen LogP contribution in [0.3, 0.4) is 0 Å². The number of carbonyl (C=O) groups is 3. The molecule has 31 heavy (non-hydrogen) atoms. The molecule has 156 valence electrons. The van der Waals surface area contributed by atoms with Crippen LogP contribution < -0.4 is 10.2 Å². The van der Waals surface area contributed by atoms with Gasteiger partial charge in [0, 0.05) is 10.6 Å². The van der Waals surface area contributed by atoms with Crippen LogP contribution in [-0.2, 0) is 9.59 Å². The number of barbiturate groups is 1. The molecule has 2 heterocycles. The Hall–Kier alpha value is -3.06. The van der Waals surface area contributed by atoms with Crippen molar-refractivity contribution in [2.24, 2.45) is 0 Å². The molecular formula is C22H13Cl3N2O4. The Morgan fingerprint density at radius 3 is 2.42 bits per heavy atom. The summed E-state index contributed by atoms with van der Waals surface area (Å²) in [6.45, 7) is 1.67. The number of imide groups is 2. The van der Waals surface area contributed by atoms with E-state index < -0.39 is 17.8 Å². The van der Waals surface area contributed by atoms with Crippen LogP contribution in [0.15, 0.2) is 58.5 Å². The SMILES string of the molecule is Cc1c(Cl)cccc1N1C(=O)NC(=O)/C(=C/c2ccc(-c3cccc(Cl)c3Cl)o2)C1=O. The first kappa shape index (κ1) is 21.2. The second kappa shape index (κ2) is 8.23. The second-order valence-electron chi connectivity index (χ2n) is 6.65. The first-order chi connectivity index (χ1) is 14.8. The lowest BCUT2D eigenvalue weighted by atomic mass is 10.1. The number of urea groups is 1. The van der Waals surface area contributed by atoms with Gasteiger partial charge in [0.15, 0.2) is 0 Å². The van der Waals surface area contributed by atoms with Crippen molar-refractivity contribution >= 4 is 64.4 Å². The highest BCUT2D eigenvalue weighted by atomic mass is 35.5. The third-order valence-electron chi connectivity index (χ3n) is 4.71. The van der Waals surface area contributed by atoms with E-state index in [1.807, 2.05) is 0 Å². The molecule has 1 N–H and O–H groups in total. The molecule has 1 aliphatic heterocycles. The predicted octanol–water partition coefficient (Wildman–Crippen LogP) is 5.88. The lowest BCUT2D eigenvalue weighted by Gasteiger charge is -2.27. The third-order valence-corrected chi connectivity index (χ3v) is 5.94. The van der Waals surface area contributed by atoms with Gasteiger partial charge < -0.3 is 4.42 Å². The smallest absolute Gasteiger partial charge is 0.335 e. The largest absolute Gasteiger partial charge is 0.457 e. The Kier molecular flexibility index (Phi) is 5.62. The molecule has 0 radical (unpaired) electrons. The summed E-state index contributed by atoms with van der Waals surface area (Å²) in [7, 11) is 0. The molecule has 0 unspecified atom stereocenters. The Labute approximate surface area is 192 Å². The first-order valence-corrected chi connectivity index (χ1v) is 10.1. The minimum absolute atomic E-state index is 0.224. The van der Waals surface area contributed by atoms with Gasteiger partial charge in [-0.05, 0) is 55.0 Å². The normalized spacial score (nSPS) is 15.5. The maximum absolute atomic E-state index is 13.0. The quantitative estimate of drug-likeness (QED) is 0.379. The van der Waals surface area contributed by atoms with Crippen molar-refractivity contribution in [2.75, 3.05) is 4.90 Å². The van der Waals surface area contributed by atoms with E-state index in [2.05, 4.69) is 5.32 Å². The van der Waals surface area contributed by atoms with Crippen LogP contribution in [0, 0.1) is 6.92 Å². The zero-order valence-corrected chi connectivity index (χ0v) is 18.2. The molecule has 0 bridgehead atoms. The Morgan fingerprint density at radius 2 is 1.65 bits per heavy atom. The highest BCUT2D eigenvalue weighted by Crippen LogP contribution is 2.35. The summed E-state index contributed by atoms with van der Waals surface area (Å²) in [6.07, 6.45) is 1.26. The molecule has 2 aromatic carbocycles.